The topological polar surface area (TPSA) is 15.3 Å². The van der Waals surface area contributed by atoms with Crippen molar-refractivity contribution in [2.45, 2.75) is 70.8 Å². The Bertz CT molecular complexity index is 227. The van der Waals surface area contributed by atoms with Crippen molar-refractivity contribution in [3.05, 3.63) is 0 Å². The van der Waals surface area contributed by atoms with Gasteiger partial charge in [0.25, 0.3) is 0 Å². The lowest BCUT2D eigenvalue weighted by Crippen LogP contribution is -2.47. The van der Waals surface area contributed by atoms with E-state index in [0.717, 1.165) is 17.9 Å². The molecule has 1 heterocycles. The van der Waals surface area contributed by atoms with E-state index < -0.39 is 0 Å². The molecule has 0 spiro atoms. The first-order valence-electron chi connectivity index (χ1n) is 8.73. The number of likely N-dealkylation sites (N-methyl/N-ethyl adjacent to an activating group) is 1. The van der Waals surface area contributed by atoms with Crippen LogP contribution in [0.1, 0.15) is 64.7 Å². The highest BCUT2D eigenvalue weighted by molar-refractivity contribution is 4.83. The van der Waals surface area contributed by atoms with Crippen molar-refractivity contribution in [1.29, 1.82) is 0 Å². The van der Waals surface area contributed by atoms with Crippen molar-refractivity contribution in [2.75, 3.05) is 26.7 Å². The van der Waals surface area contributed by atoms with Gasteiger partial charge in [-0.3, -0.25) is 0 Å². The molecule has 2 aliphatic rings. The fourth-order valence-electron chi connectivity index (χ4n) is 4.16. The zero-order valence-corrected chi connectivity index (χ0v) is 13.2. The van der Waals surface area contributed by atoms with Crippen LogP contribution >= 0.6 is 0 Å². The maximum atomic E-state index is 3.61. The second-order valence-electron chi connectivity index (χ2n) is 6.83. The van der Waals surface area contributed by atoms with E-state index in [9.17, 15) is 0 Å². The van der Waals surface area contributed by atoms with Gasteiger partial charge in [-0.2, -0.15) is 0 Å². The Morgan fingerprint density at radius 1 is 1.05 bits per heavy atom. The monoisotopic (exact) mass is 266 g/mol. The van der Waals surface area contributed by atoms with E-state index in [0.29, 0.717) is 0 Å². The number of likely N-dealkylation sites (tertiary alicyclic amines) is 1. The SMILES string of the molecule is CCCC1CCN(CC(NC)C2CCCCC2)CC1. The predicted molar refractivity (Wildman–Crippen MR) is 83.5 cm³/mol. The zero-order valence-electron chi connectivity index (χ0n) is 13.2. The van der Waals surface area contributed by atoms with Crippen LogP contribution in [-0.2, 0) is 0 Å². The van der Waals surface area contributed by atoms with E-state index >= 15 is 0 Å². The number of rotatable bonds is 6. The molecule has 0 aromatic rings. The minimum atomic E-state index is 0.739. The molecule has 1 saturated carbocycles. The Hall–Kier alpha value is -0.0800. The molecule has 0 amide bonds. The van der Waals surface area contributed by atoms with Gasteiger partial charge >= 0.3 is 0 Å². The lowest BCUT2D eigenvalue weighted by molar-refractivity contribution is 0.140. The summed E-state index contributed by atoms with van der Waals surface area (Å²) < 4.78 is 0. The minimum absolute atomic E-state index is 0.739. The second kappa shape index (κ2) is 8.26. The average Bonchev–Trinajstić information content (AvgIpc) is 2.48. The Balaban J connectivity index is 1.73. The lowest BCUT2D eigenvalue weighted by Gasteiger charge is -2.37. The quantitative estimate of drug-likeness (QED) is 0.789. The van der Waals surface area contributed by atoms with Crippen LogP contribution in [0.4, 0.5) is 0 Å². The average molecular weight is 266 g/mol. The summed E-state index contributed by atoms with van der Waals surface area (Å²) in [5, 5.41) is 3.61. The molecule has 1 saturated heterocycles. The van der Waals surface area contributed by atoms with Crippen LogP contribution < -0.4 is 5.32 Å². The molecule has 19 heavy (non-hydrogen) atoms. The molecular formula is C17H34N2. The van der Waals surface area contributed by atoms with E-state index in [1.54, 1.807) is 0 Å². The Morgan fingerprint density at radius 3 is 2.32 bits per heavy atom. The predicted octanol–water partition coefficient (Wildman–Crippen LogP) is 3.67. The first-order valence-corrected chi connectivity index (χ1v) is 8.73. The van der Waals surface area contributed by atoms with Gasteiger partial charge in [-0.05, 0) is 57.7 Å². The van der Waals surface area contributed by atoms with Gasteiger partial charge in [0.15, 0.2) is 0 Å². The summed E-state index contributed by atoms with van der Waals surface area (Å²) in [6.07, 6.45) is 13.0. The van der Waals surface area contributed by atoms with Crippen LogP contribution in [0, 0.1) is 11.8 Å². The van der Waals surface area contributed by atoms with Crippen molar-refractivity contribution in [2.24, 2.45) is 11.8 Å². The summed E-state index contributed by atoms with van der Waals surface area (Å²) in [7, 11) is 2.17. The summed E-state index contributed by atoms with van der Waals surface area (Å²) in [5.41, 5.74) is 0. The third-order valence-corrected chi connectivity index (χ3v) is 5.45. The number of nitrogens with zero attached hydrogens (tertiary/aromatic N) is 1. The number of nitrogens with one attached hydrogen (secondary N) is 1. The summed E-state index contributed by atoms with van der Waals surface area (Å²) in [6, 6.07) is 0.739. The van der Waals surface area contributed by atoms with E-state index in [1.165, 1.54) is 77.4 Å². The summed E-state index contributed by atoms with van der Waals surface area (Å²) >= 11 is 0. The fraction of sp³-hybridized carbons (Fsp3) is 1.00. The molecule has 0 radical (unpaired) electrons. The lowest BCUT2D eigenvalue weighted by atomic mass is 9.83. The highest BCUT2D eigenvalue weighted by atomic mass is 15.2. The van der Waals surface area contributed by atoms with Gasteiger partial charge in [-0.15, -0.1) is 0 Å². The molecule has 2 nitrogen and oxygen atoms in total. The molecular weight excluding hydrogens is 232 g/mol. The maximum absolute atomic E-state index is 3.61. The van der Waals surface area contributed by atoms with Gasteiger partial charge in [-0.1, -0.05) is 39.0 Å². The molecule has 2 heteroatoms. The van der Waals surface area contributed by atoms with Crippen molar-refractivity contribution >= 4 is 0 Å². The third-order valence-electron chi connectivity index (χ3n) is 5.45. The van der Waals surface area contributed by atoms with Gasteiger partial charge in [0.1, 0.15) is 0 Å². The fourth-order valence-corrected chi connectivity index (χ4v) is 4.16. The molecule has 0 bridgehead atoms. The van der Waals surface area contributed by atoms with Crippen LogP contribution in [0.5, 0.6) is 0 Å². The van der Waals surface area contributed by atoms with E-state index in [-0.39, 0.29) is 0 Å². The molecule has 1 aliphatic carbocycles. The maximum Gasteiger partial charge on any atom is 0.0220 e. The smallest absolute Gasteiger partial charge is 0.0220 e. The third kappa shape index (κ3) is 4.75. The van der Waals surface area contributed by atoms with Crippen molar-refractivity contribution in [3.63, 3.8) is 0 Å². The summed E-state index contributed by atoms with van der Waals surface area (Å²) in [5.74, 6) is 1.95. The van der Waals surface area contributed by atoms with Gasteiger partial charge in [0.2, 0.25) is 0 Å². The summed E-state index contributed by atoms with van der Waals surface area (Å²) in [6.45, 7) is 6.30. The molecule has 1 unspecified atom stereocenters. The largest absolute Gasteiger partial charge is 0.315 e. The standard InChI is InChI=1S/C17H34N2/c1-3-7-15-10-12-19(13-11-15)14-17(18-2)16-8-5-4-6-9-16/h15-18H,3-14H2,1-2H3. The number of hydrogen-bond donors (Lipinski definition) is 1. The molecule has 0 aromatic heterocycles. The van der Waals surface area contributed by atoms with Crippen LogP contribution in [0.25, 0.3) is 0 Å². The highest BCUT2D eigenvalue weighted by Gasteiger charge is 2.26. The van der Waals surface area contributed by atoms with E-state index in [4.69, 9.17) is 0 Å². The van der Waals surface area contributed by atoms with E-state index in [2.05, 4.69) is 24.2 Å². The Morgan fingerprint density at radius 2 is 1.74 bits per heavy atom. The number of hydrogen-bond acceptors (Lipinski definition) is 2. The Labute approximate surface area is 120 Å². The molecule has 2 rings (SSSR count). The minimum Gasteiger partial charge on any atom is -0.315 e. The van der Waals surface area contributed by atoms with Crippen LogP contribution in [-0.4, -0.2) is 37.6 Å². The van der Waals surface area contributed by atoms with Gasteiger partial charge < -0.3 is 10.2 Å². The summed E-state index contributed by atoms with van der Waals surface area (Å²) in [4.78, 5) is 2.72. The van der Waals surface area contributed by atoms with Gasteiger partial charge in [0.05, 0.1) is 0 Å². The van der Waals surface area contributed by atoms with Gasteiger partial charge in [0, 0.05) is 12.6 Å². The normalized spacial score (nSPS) is 25.6. The van der Waals surface area contributed by atoms with Crippen LogP contribution in [0.15, 0.2) is 0 Å². The second-order valence-corrected chi connectivity index (χ2v) is 6.83. The molecule has 2 fully saturated rings. The zero-order chi connectivity index (χ0) is 13.5. The van der Waals surface area contributed by atoms with Crippen molar-refractivity contribution in [3.8, 4) is 0 Å². The van der Waals surface area contributed by atoms with E-state index in [1.807, 2.05) is 0 Å². The van der Waals surface area contributed by atoms with Crippen LogP contribution in [0.2, 0.25) is 0 Å². The molecule has 0 aromatic carbocycles. The van der Waals surface area contributed by atoms with Crippen molar-refractivity contribution in [1.82, 2.24) is 10.2 Å². The first kappa shape index (κ1) is 15.3. The number of piperidine rings is 1. The molecule has 1 aliphatic heterocycles. The Kier molecular flexibility index (Phi) is 6.66. The molecule has 1 N–H and O–H groups in total. The molecule has 1 atom stereocenters. The van der Waals surface area contributed by atoms with Crippen LogP contribution in [0.3, 0.4) is 0 Å². The highest BCUT2D eigenvalue weighted by Crippen LogP contribution is 2.28. The van der Waals surface area contributed by atoms with Crippen molar-refractivity contribution < 1.29 is 0 Å². The molecule has 112 valence electrons. The van der Waals surface area contributed by atoms with Gasteiger partial charge in [-0.25, -0.2) is 0 Å². The first-order chi connectivity index (χ1) is 9.33.